The molecule has 0 saturated carbocycles. The Morgan fingerprint density at radius 1 is 1.40 bits per heavy atom. The summed E-state index contributed by atoms with van der Waals surface area (Å²) in [6.07, 6.45) is 0.494. The van der Waals surface area contributed by atoms with Gasteiger partial charge < -0.3 is 11.1 Å². The van der Waals surface area contributed by atoms with Crippen LogP contribution in [0.15, 0.2) is 16.6 Å². The number of benzene rings is 1. The van der Waals surface area contributed by atoms with Crippen molar-refractivity contribution in [2.45, 2.75) is 20.3 Å². The lowest BCUT2D eigenvalue weighted by atomic mass is 10.2. The molecule has 0 spiro atoms. The Labute approximate surface area is 133 Å². The van der Waals surface area contributed by atoms with Gasteiger partial charge in [-0.1, -0.05) is 22.9 Å². The number of nitrogen functional groups attached to an aromatic ring is 1. The molecule has 8 heteroatoms. The summed E-state index contributed by atoms with van der Waals surface area (Å²) < 4.78 is 23.9. The van der Waals surface area contributed by atoms with Gasteiger partial charge in [0.25, 0.3) is 0 Å². The van der Waals surface area contributed by atoms with Gasteiger partial charge >= 0.3 is 0 Å². The van der Waals surface area contributed by atoms with Crippen molar-refractivity contribution in [2.24, 2.45) is 0 Å². The van der Waals surface area contributed by atoms with Crippen molar-refractivity contribution in [3.8, 4) is 0 Å². The van der Waals surface area contributed by atoms with E-state index in [1.807, 2.05) is 13.0 Å². The van der Waals surface area contributed by atoms with Crippen molar-refractivity contribution in [2.75, 3.05) is 22.6 Å². The van der Waals surface area contributed by atoms with Gasteiger partial charge in [0.05, 0.1) is 17.1 Å². The minimum absolute atomic E-state index is 0. The fraction of sp³-hybridized carbons (Fsp3) is 0.417. The van der Waals surface area contributed by atoms with E-state index in [0.29, 0.717) is 17.8 Å². The van der Waals surface area contributed by atoms with E-state index in [1.165, 1.54) is 0 Å². The molecule has 1 aromatic rings. The van der Waals surface area contributed by atoms with E-state index in [9.17, 15) is 13.2 Å². The topological polar surface area (TPSA) is 89.3 Å². The lowest BCUT2D eigenvalue weighted by molar-refractivity contribution is -0.113. The maximum atomic E-state index is 11.7. The standard InChI is InChI=1S/C12H17BrN2O3S.ClH/c1-3-4-19(17,18)7-11(16)15-10-6-9(13)5-8(2)12(10)14;/h5-6H,3-4,7,14H2,1-2H3,(H,15,16);1H. The second-order valence-electron chi connectivity index (χ2n) is 4.32. The van der Waals surface area contributed by atoms with Crippen LogP contribution in [0, 0.1) is 6.92 Å². The molecular formula is C12H18BrClN2O3S. The number of hydrogen-bond acceptors (Lipinski definition) is 4. The Kier molecular flexibility index (Phi) is 7.54. The molecule has 1 rings (SSSR count). The Hall–Kier alpha value is -0.790. The molecule has 3 N–H and O–H groups in total. The van der Waals surface area contributed by atoms with Gasteiger partial charge in [0.2, 0.25) is 5.91 Å². The average Bonchev–Trinajstić information content (AvgIpc) is 2.23. The van der Waals surface area contributed by atoms with Crippen LogP contribution in [0.1, 0.15) is 18.9 Å². The van der Waals surface area contributed by atoms with E-state index in [4.69, 9.17) is 5.73 Å². The molecule has 0 aliphatic rings. The summed E-state index contributed by atoms with van der Waals surface area (Å²) in [6.45, 7) is 3.56. The molecule has 0 aliphatic heterocycles. The van der Waals surface area contributed by atoms with E-state index in [2.05, 4.69) is 21.2 Å². The van der Waals surface area contributed by atoms with Crippen LogP contribution >= 0.6 is 28.3 Å². The van der Waals surface area contributed by atoms with Gasteiger partial charge in [-0.2, -0.15) is 0 Å². The summed E-state index contributed by atoms with van der Waals surface area (Å²) in [7, 11) is -3.35. The highest BCUT2D eigenvalue weighted by Gasteiger charge is 2.17. The summed E-state index contributed by atoms with van der Waals surface area (Å²) in [5.41, 5.74) is 7.50. The minimum Gasteiger partial charge on any atom is -0.397 e. The lowest BCUT2D eigenvalue weighted by Gasteiger charge is -2.11. The molecule has 0 bridgehead atoms. The van der Waals surface area contributed by atoms with Gasteiger partial charge in [0.15, 0.2) is 9.84 Å². The number of sulfone groups is 1. The molecule has 0 aromatic heterocycles. The molecule has 5 nitrogen and oxygen atoms in total. The van der Waals surface area contributed by atoms with E-state index in [0.717, 1.165) is 10.0 Å². The molecular weight excluding hydrogens is 368 g/mol. The zero-order chi connectivity index (χ0) is 14.6. The Morgan fingerprint density at radius 2 is 2.00 bits per heavy atom. The van der Waals surface area contributed by atoms with Crippen molar-refractivity contribution in [3.05, 3.63) is 22.2 Å². The van der Waals surface area contributed by atoms with E-state index in [-0.39, 0.29) is 18.2 Å². The van der Waals surface area contributed by atoms with Crippen LogP contribution in [-0.2, 0) is 14.6 Å². The number of carbonyl (C=O) groups is 1. The van der Waals surface area contributed by atoms with E-state index in [1.54, 1.807) is 13.0 Å². The first-order chi connectivity index (χ1) is 8.75. The summed E-state index contributed by atoms with van der Waals surface area (Å²) in [5.74, 6) is -1.09. The van der Waals surface area contributed by atoms with Gasteiger partial charge in [-0.15, -0.1) is 12.4 Å². The molecule has 0 radical (unpaired) electrons. The van der Waals surface area contributed by atoms with Crippen LogP contribution in [0.25, 0.3) is 0 Å². The van der Waals surface area contributed by atoms with Gasteiger partial charge in [-0.05, 0) is 31.0 Å². The molecule has 1 aromatic carbocycles. The van der Waals surface area contributed by atoms with E-state index < -0.39 is 21.5 Å². The lowest BCUT2D eigenvalue weighted by Crippen LogP contribution is -2.25. The highest BCUT2D eigenvalue weighted by atomic mass is 79.9. The zero-order valence-electron chi connectivity index (χ0n) is 11.3. The number of aryl methyl sites for hydroxylation is 1. The first kappa shape index (κ1) is 19.2. The number of hydrogen-bond donors (Lipinski definition) is 2. The third kappa shape index (κ3) is 5.68. The van der Waals surface area contributed by atoms with Crippen molar-refractivity contribution in [3.63, 3.8) is 0 Å². The number of rotatable bonds is 5. The van der Waals surface area contributed by atoms with Crippen molar-refractivity contribution in [1.29, 1.82) is 0 Å². The number of anilines is 2. The number of carbonyl (C=O) groups excluding carboxylic acids is 1. The van der Waals surface area contributed by atoms with Gasteiger partial charge in [-0.3, -0.25) is 4.79 Å². The zero-order valence-corrected chi connectivity index (χ0v) is 14.5. The van der Waals surface area contributed by atoms with Gasteiger partial charge in [0, 0.05) is 4.47 Å². The normalized spacial score (nSPS) is 10.8. The van der Waals surface area contributed by atoms with Crippen LogP contribution in [0.5, 0.6) is 0 Å². The maximum Gasteiger partial charge on any atom is 0.239 e. The van der Waals surface area contributed by atoms with Gasteiger partial charge in [-0.25, -0.2) is 8.42 Å². The number of halogens is 2. The van der Waals surface area contributed by atoms with E-state index >= 15 is 0 Å². The predicted octanol–water partition coefficient (Wildman–Crippen LogP) is 2.52. The SMILES string of the molecule is CCCS(=O)(=O)CC(=O)Nc1cc(Br)cc(C)c1N.Cl. The Balaban J connectivity index is 0.00000361. The Bertz CT molecular complexity index is 591. The van der Waals surface area contributed by atoms with Crippen LogP contribution in [-0.4, -0.2) is 25.8 Å². The quantitative estimate of drug-likeness (QED) is 0.762. The second kappa shape index (κ2) is 7.85. The Morgan fingerprint density at radius 3 is 2.55 bits per heavy atom. The molecule has 0 heterocycles. The third-order valence-electron chi connectivity index (χ3n) is 2.49. The van der Waals surface area contributed by atoms with Crippen LogP contribution in [0.3, 0.4) is 0 Å². The van der Waals surface area contributed by atoms with Crippen LogP contribution < -0.4 is 11.1 Å². The molecule has 0 fully saturated rings. The molecule has 0 unspecified atom stereocenters. The van der Waals surface area contributed by atoms with Crippen molar-refractivity contribution in [1.82, 2.24) is 0 Å². The van der Waals surface area contributed by atoms with Crippen molar-refractivity contribution >= 4 is 55.5 Å². The minimum atomic E-state index is -3.35. The second-order valence-corrected chi connectivity index (χ2v) is 7.42. The smallest absolute Gasteiger partial charge is 0.239 e. The molecule has 114 valence electrons. The molecule has 0 atom stereocenters. The maximum absolute atomic E-state index is 11.7. The van der Waals surface area contributed by atoms with Gasteiger partial charge in [0.1, 0.15) is 5.75 Å². The number of nitrogens with two attached hydrogens (primary N) is 1. The van der Waals surface area contributed by atoms with Crippen molar-refractivity contribution < 1.29 is 13.2 Å². The fourth-order valence-corrected chi connectivity index (χ4v) is 3.44. The van der Waals surface area contributed by atoms with Crippen LogP contribution in [0.4, 0.5) is 11.4 Å². The predicted molar refractivity (Wildman–Crippen MR) is 88.1 cm³/mol. The third-order valence-corrected chi connectivity index (χ3v) is 4.68. The first-order valence-corrected chi connectivity index (χ1v) is 8.42. The molecule has 0 saturated heterocycles. The molecule has 20 heavy (non-hydrogen) atoms. The summed E-state index contributed by atoms with van der Waals surface area (Å²) in [5, 5.41) is 2.53. The summed E-state index contributed by atoms with van der Waals surface area (Å²) in [6, 6.07) is 3.46. The molecule has 0 aliphatic carbocycles. The largest absolute Gasteiger partial charge is 0.397 e. The highest BCUT2D eigenvalue weighted by Crippen LogP contribution is 2.27. The van der Waals surface area contributed by atoms with Crippen LogP contribution in [0.2, 0.25) is 0 Å². The number of nitrogens with one attached hydrogen (secondary N) is 1. The highest BCUT2D eigenvalue weighted by molar-refractivity contribution is 9.10. The fourth-order valence-electron chi connectivity index (χ4n) is 1.63. The first-order valence-electron chi connectivity index (χ1n) is 5.81. The summed E-state index contributed by atoms with van der Waals surface area (Å²) in [4.78, 5) is 11.7. The molecule has 1 amide bonds. The number of amides is 1. The average molecular weight is 386 g/mol. The monoisotopic (exact) mass is 384 g/mol. The summed E-state index contributed by atoms with van der Waals surface area (Å²) >= 11 is 3.30.